The monoisotopic (exact) mass is 198 g/mol. The Balaban J connectivity index is 3.58. The Morgan fingerprint density at radius 3 is 2.71 bits per heavy atom. The highest BCUT2D eigenvalue weighted by atomic mass is 16.5. The van der Waals surface area contributed by atoms with Crippen LogP contribution in [-0.2, 0) is 9.53 Å². The van der Waals surface area contributed by atoms with Crippen molar-refractivity contribution in [3.8, 4) is 6.07 Å². The summed E-state index contributed by atoms with van der Waals surface area (Å²) in [7, 11) is 1.40. The summed E-state index contributed by atoms with van der Waals surface area (Å²) in [4.78, 5) is 13.0. The molecule has 0 aliphatic carbocycles. The minimum Gasteiger partial charge on any atom is -0.469 e. The molecule has 0 N–H and O–H groups in total. The maximum absolute atomic E-state index is 10.9. The van der Waals surface area contributed by atoms with Crippen LogP contribution in [0.5, 0.6) is 0 Å². The lowest BCUT2D eigenvalue weighted by atomic mass is 10.3. The molecular formula is C10H18N2O2. The topological polar surface area (TPSA) is 53.3 Å². The summed E-state index contributed by atoms with van der Waals surface area (Å²) in [6.07, 6.45) is 1.87. The van der Waals surface area contributed by atoms with Crippen molar-refractivity contribution in [3.63, 3.8) is 0 Å². The lowest BCUT2D eigenvalue weighted by molar-refractivity contribution is -0.140. The van der Waals surface area contributed by atoms with Crippen LogP contribution in [0.4, 0.5) is 0 Å². The average molecular weight is 198 g/mol. The number of nitriles is 1. The van der Waals surface area contributed by atoms with Crippen molar-refractivity contribution in [2.75, 3.05) is 26.7 Å². The van der Waals surface area contributed by atoms with Gasteiger partial charge in [-0.1, -0.05) is 6.92 Å². The first-order chi connectivity index (χ1) is 6.74. The van der Waals surface area contributed by atoms with Gasteiger partial charge in [-0.3, -0.25) is 4.79 Å². The summed E-state index contributed by atoms with van der Waals surface area (Å²) >= 11 is 0. The molecule has 0 fully saturated rings. The van der Waals surface area contributed by atoms with Gasteiger partial charge in [-0.15, -0.1) is 0 Å². The molecule has 0 bridgehead atoms. The molecule has 0 aliphatic heterocycles. The Morgan fingerprint density at radius 1 is 1.50 bits per heavy atom. The molecule has 0 spiro atoms. The molecule has 0 aromatic heterocycles. The molecule has 14 heavy (non-hydrogen) atoms. The summed E-state index contributed by atoms with van der Waals surface area (Å²) in [6, 6.07) is 2.10. The lowest BCUT2D eigenvalue weighted by Crippen LogP contribution is -2.27. The number of hydrogen-bond donors (Lipinski definition) is 0. The van der Waals surface area contributed by atoms with Crippen LogP contribution in [0.25, 0.3) is 0 Å². The fraction of sp³-hybridized carbons (Fsp3) is 0.800. The molecule has 4 nitrogen and oxygen atoms in total. The molecule has 0 saturated carbocycles. The summed E-state index contributed by atoms with van der Waals surface area (Å²) in [5.41, 5.74) is 0. The van der Waals surface area contributed by atoms with Crippen molar-refractivity contribution < 1.29 is 9.53 Å². The Labute approximate surface area is 85.5 Å². The van der Waals surface area contributed by atoms with E-state index in [-0.39, 0.29) is 5.97 Å². The van der Waals surface area contributed by atoms with Crippen molar-refractivity contribution in [1.82, 2.24) is 4.90 Å². The largest absolute Gasteiger partial charge is 0.469 e. The Kier molecular flexibility index (Phi) is 7.86. The summed E-state index contributed by atoms with van der Waals surface area (Å²) in [6.45, 7) is 4.54. The van der Waals surface area contributed by atoms with Gasteiger partial charge in [-0.25, -0.2) is 0 Å². The van der Waals surface area contributed by atoms with Crippen LogP contribution in [0.3, 0.4) is 0 Å². The Bertz CT molecular complexity index is 199. The third-order valence-corrected chi connectivity index (χ3v) is 2.07. The average Bonchev–Trinajstić information content (AvgIpc) is 2.22. The predicted octanol–water partition coefficient (Wildman–Crippen LogP) is 1.18. The zero-order valence-corrected chi connectivity index (χ0v) is 8.95. The normalized spacial score (nSPS) is 9.86. The third kappa shape index (κ3) is 6.44. The molecule has 0 radical (unpaired) electrons. The van der Waals surface area contributed by atoms with Crippen molar-refractivity contribution in [3.05, 3.63) is 0 Å². The van der Waals surface area contributed by atoms with Crippen molar-refractivity contribution in [2.45, 2.75) is 26.2 Å². The number of nitrogens with zero attached hydrogens (tertiary/aromatic N) is 2. The highest BCUT2D eigenvalue weighted by Crippen LogP contribution is 1.97. The standard InChI is InChI=1S/C10H18N2O2/c1-3-12(8-5-4-7-11)9-6-10(13)14-2/h3-6,8-9H2,1-2H3. The van der Waals surface area contributed by atoms with Gasteiger partial charge in [-0.2, -0.15) is 5.26 Å². The fourth-order valence-electron chi connectivity index (χ4n) is 1.16. The van der Waals surface area contributed by atoms with Crippen molar-refractivity contribution in [1.29, 1.82) is 5.26 Å². The molecule has 0 rings (SSSR count). The first-order valence-corrected chi connectivity index (χ1v) is 4.90. The van der Waals surface area contributed by atoms with E-state index < -0.39 is 0 Å². The fourth-order valence-corrected chi connectivity index (χ4v) is 1.16. The van der Waals surface area contributed by atoms with E-state index in [1.165, 1.54) is 7.11 Å². The minimum atomic E-state index is -0.177. The van der Waals surface area contributed by atoms with E-state index in [1.54, 1.807) is 0 Å². The molecule has 0 atom stereocenters. The van der Waals surface area contributed by atoms with Crippen LogP contribution in [0.2, 0.25) is 0 Å². The molecule has 80 valence electrons. The van der Waals surface area contributed by atoms with Crippen LogP contribution in [0.1, 0.15) is 26.2 Å². The summed E-state index contributed by atoms with van der Waals surface area (Å²) in [5.74, 6) is -0.177. The van der Waals surface area contributed by atoms with Crippen molar-refractivity contribution >= 4 is 5.97 Å². The smallest absolute Gasteiger partial charge is 0.306 e. The van der Waals surface area contributed by atoms with Crippen LogP contribution in [0.15, 0.2) is 0 Å². The zero-order valence-electron chi connectivity index (χ0n) is 8.95. The summed E-state index contributed by atoms with van der Waals surface area (Å²) < 4.78 is 4.55. The lowest BCUT2D eigenvalue weighted by Gasteiger charge is -2.18. The summed E-state index contributed by atoms with van der Waals surface area (Å²) in [5, 5.41) is 8.37. The number of ether oxygens (including phenoxy) is 1. The van der Waals surface area contributed by atoms with Gasteiger partial charge in [0, 0.05) is 13.0 Å². The van der Waals surface area contributed by atoms with Gasteiger partial charge in [0.2, 0.25) is 0 Å². The van der Waals surface area contributed by atoms with Gasteiger partial charge in [0.1, 0.15) is 0 Å². The number of unbranched alkanes of at least 4 members (excludes halogenated alkanes) is 1. The SMILES string of the molecule is CCN(CCCC#N)CCC(=O)OC. The number of methoxy groups -OCH3 is 1. The zero-order chi connectivity index (χ0) is 10.8. The molecule has 4 heteroatoms. The second-order valence-corrected chi connectivity index (χ2v) is 3.02. The van der Waals surface area contributed by atoms with Gasteiger partial charge >= 0.3 is 5.97 Å². The molecule has 0 heterocycles. The number of rotatable bonds is 7. The number of esters is 1. The van der Waals surface area contributed by atoms with E-state index in [4.69, 9.17) is 5.26 Å². The van der Waals surface area contributed by atoms with Crippen LogP contribution < -0.4 is 0 Å². The molecule has 0 unspecified atom stereocenters. The van der Waals surface area contributed by atoms with E-state index in [2.05, 4.69) is 15.7 Å². The van der Waals surface area contributed by atoms with Gasteiger partial charge in [0.05, 0.1) is 19.6 Å². The first kappa shape index (κ1) is 12.9. The Morgan fingerprint density at radius 2 is 2.21 bits per heavy atom. The predicted molar refractivity (Wildman–Crippen MR) is 53.6 cm³/mol. The van der Waals surface area contributed by atoms with Gasteiger partial charge < -0.3 is 9.64 Å². The number of carbonyl (C=O) groups is 1. The third-order valence-electron chi connectivity index (χ3n) is 2.07. The maximum Gasteiger partial charge on any atom is 0.306 e. The minimum absolute atomic E-state index is 0.177. The van der Waals surface area contributed by atoms with E-state index in [0.717, 1.165) is 19.5 Å². The second kappa shape index (κ2) is 8.52. The Hall–Kier alpha value is -1.08. The first-order valence-electron chi connectivity index (χ1n) is 4.90. The molecule has 0 aliphatic rings. The quantitative estimate of drug-likeness (QED) is 0.455. The molecule has 0 amide bonds. The number of carbonyl (C=O) groups excluding carboxylic acids is 1. The van der Waals surface area contributed by atoms with E-state index in [1.807, 2.05) is 6.92 Å². The molecule has 0 aromatic carbocycles. The van der Waals surface area contributed by atoms with E-state index in [9.17, 15) is 4.79 Å². The highest BCUT2D eigenvalue weighted by Gasteiger charge is 2.05. The highest BCUT2D eigenvalue weighted by molar-refractivity contribution is 5.69. The van der Waals surface area contributed by atoms with Crippen LogP contribution >= 0.6 is 0 Å². The number of hydrogen-bond acceptors (Lipinski definition) is 4. The van der Waals surface area contributed by atoms with E-state index in [0.29, 0.717) is 19.4 Å². The molecule has 0 saturated heterocycles. The van der Waals surface area contributed by atoms with Crippen LogP contribution in [0, 0.1) is 11.3 Å². The van der Waals surface area contributed by atoms with Crippen LogP contribution in [-0.4, -0.2) is 37.6 Å². The maximum atomic E-state index is 10.9. The van der Waals surface area contributed by atoms with Gasteiger partial charge in [-0.05, 0) is 19.5 Å². The van der Waals surface area contributed by atoms with Crippen molar-refractivity contribution in [2.24, 2.45) is 0 Å². The second-order valence-electron chi connectivity index (χ2n) is 3.02. The van der Waals surface area contributed by atoms with Gasteiger partial charge in [0.25, 0.3) is 0 Å². The molecular weight excluding hydrogens is 180 g/mol. The van der Waals surface area contributed by atoms with Gasteiger partial charge in [0.15, 0.2) is 0 Å². The molecule has 0 aromatic rings. The van der Waals surface area contributed by atoms with E-state index >= 15 is 0 Å².